The van der Waals surface area contributed by atoms with Crippen LogP contribution < -0.4 is 9.62 Å². The van der Waals surface area contributed by atoms with E-state index in [1.165, 1.54) is 4.31 Å². The Balaban J connectivity index is 2.13. The summed E-state index contributed by atoms with van der Waals surface area (Å²) >= 11 is 0. The molecule has 2 aromatic carbocycles. The fourth-order valence-corrected chi connectivity index (χ4v) is 3.40. The Hall–Kier alpha value is -2.34. The van der Waals surface area contributed by atoms with Crippen molar-refractivity contribution < 1.29 is 13.2 Å². The predicted molar refractivity (Wildman–Crippen MR) is 97.8 cm³/mol. The molecule has 0 aromatic heterocycles. The summed E-state index contributed by atoms with van der Waals surface area (Å²) in [5.74, 6) is -0.222. The first-order valence-corrected chi connectivity index (χ1v) is 9.52. The molecule has 0 saturated carbocycles. The molecule has 2 aromatic rings. The molecular formula is C18H22N2O3S. The maximum Gasteiger partial charge on any atom is 0.232 e. The van der Waals surface area contributed by atoms with E-state index in [9.17, 15) is 13.2 Å². The Kier molecular flexibility index (Phi) is 5.62. The number of nitrogens with zero attached hydrogens (tertiary/aromatic N) is 1. The Morgan fingerprint density at radius 1 is 1.04 bits per heavy atom. The van der Waals surface area contributed by atoms with Gasteiger partial charge in [0.1, 0.15) is 0 Å². The zero-order valence-corrected chi connectivity index (χ0v) is 14.9. The quantitative estimate of drug-likeness (QED) is 0.874. The van der Waals surface area contributed by atoms with Crippen LogP contribution in [-0.4, -0.2) is 27.1 Å². The van der Waals surface area contributed by atoms with Gasteiger partial charge in [-0.15, -0.1) is 0 Å². The Morgan fingerprint density at radius 2 is 1.71 bits per heavy atom. The van der Waals surface area contributed by atoms with Crippen LogP contribution in [0.25, 0.3) is 0 Å². The molecule has 0 atom stereocenters. The molecule has 0 aliphatic heterocycles. The lowest BCUT2D eigenvalue weighted by molar-refractivity contribution is -0.116. The Labute approximate surface area is 143 Å². The highest BCUT2D eigenvalue weighted by molar-refractivity contribution is 7.92. The number of carbonyl (C=O) groups is 1. The number of amides is 1. The number of benzene rings is 2. The topological polar surface area (TPSA) is 66.5 Å². The summed E-state index contributed by atoms with van der Waals surface area (Å²) in [6.45, 7) is 3.91. The van der Waals surface area contributed by atoms with Crippen molar-refractivity contribution in [2.24, 2.45) is 0 Å². The van der Waals surface area contributed by atoms with Crippen LogP contribution in [0.2, 0.25) is 0 Å². The SMILES string of the molecule is Cc1cccc(N(CCC(=O)Nc2ccccc2)S(C)(=O)=O)c1C. The molecule has 1 amide bonds. The summed E-state index contributed by atoms with van der Waals surface area (Å²) < 4.78 is 25.6. The Morgan fingerprint density at radius 3 is 2.33 bits per heavy atom. The van der Waals surface area contributed by atoms with E-state index in [1.54, 1.807) is 18.2 Å². The predicted octanol–water partition coefficient (Wildman–Crippen LogP) is 3.10. The van der Waals surface area contributed by atoms with Gasteiger partial charge in [0.05, 0.1) is 11.9 Å². The molecule has 2 rings (SSSR count). The van der Waals surface area contributed by atoms with Gasteiger partial charge in [-0.1, -0.05) is 30.3 Å². The number of hydrogen-bond donors (Lipinski definition) is 1. The number of aryl methyl sites for hydroxylation is 1. The fraction of sp³-hybridized carbons (Fsp3) is 0.278. The molecule has 6 heteroatoms. The summed E-state index contributed by atoms with van der Waals surface area (Å²) in [5, 5.41) is 2.77. The van der Waals surface area contributed by atoms with Gasteiger partial charge >= 0.3 is 0 Å². The van der Waals surface area contributed by atoms with Crippen LogP contribution in [0.15, 0.2) is 48.5 Å². The zero-order valence-electron chi connectivity index (χ0n) is 14.1. The number of carbonyl (C=O) groups excluding carboxylic acids is 1. The molecule has 0 aliphatic carbocycles. The average Bonchev–Trinajstić information content (AvgIpc) is 2.51. The lowest BCUT2D eigenvalue weighted by atomic mass is 10.1. The smallest absolute Gasteiger partial charge is 0.232 e. The third-order valence-corrected chi connectivity index (χ3v) is 5.02. The highest BCUT2D eigenvalue weighted by Gasteiger charge is 2.20. The van der Waals surface area contributed by atoms with E-state index in [0.29, 0.717) is 11.4 Å². The minimum atomic E-state index is -3.47. The first-order chi connectivity index (χ1) is 11.3. The number of anilines is 2. The largest absolute Gasteiger partial charge is 0.326 e. The molecule has 0 spiro atoms. The minimum absolute atomic E-state index is 0.0787. The van der Waals surface area contributed by atoms with E-state index in [1.807, 2.05) is 44.2 Å². The van der Waals surface area contributed by atoms with Gasteiger partial charge in [0.2, 0.25) is 15.9 Å². The summed E-state index contributed by atoms with van der Waals surface area (Å²) in [5.41, 5.74) is 3.21. The van der Waals surface area contributed by atoms with Crippen LogP contribution in [0.3, 0.4) is 0 Å². The molecular weight excluding hydrogens is 324 g/mol. The van der Waals surface area contributed by atoms with Gasteiger partial charge in [-0.05, 0) is 43.2 Å². The number of sulfonamides is 1. The van der Waals surface area contributed by atoms with Crippen molar-refractivity contribution in [3.05, 3.63) is 59.7 Å². The molecule has 0 heterocycles. The Bertz CT molecular complexity index is 817. The van der Waals surface area contributed by atoms with Gasteiger partial charge < -0.3 is 5.32 Å². The molecule has 24 heavy (non-hydrogen) atoms. The number of rotatable bonds is 6. The molecule has 0 aliphatic rings. The number of nitrogens with one attached hydrogen (secondary N) is 1. The van der Waals surface area contributed by atoms with Crippen LogP contribution in [0.4, 0.5) is 11.4 Å². The first kappa shape index (κ1) is 18.0. The van der Waals surface area contributed by atoms with Gasteiger partial charge in [-0.3, -0.25) is 9.10 Å². The summed E-state index contributed by atoms with van der Waals surface area (Å²) in [6, 6.07) is 14.6. The van der Waals surface area contributed by atoms with Crippen molar-refractivity contribution >= 4 is 27.3 Å². The molecule has 0 unspecified atom stereocenters. The van der Waals surface area contributed by atoms with Gasteiger partial charge in [0, 0.05) is 18.7 Å². The monoisotopic (exact) mass is 346 g/mol. The van der Waals surface area contributed by atoms with Gasteiger partial charge in [0.25, 0.3) is 0 Å². The van der Waals surface area contributed by atoms with E-state index in [4.69, 9.17) is 0 Å². The van der Waals surface area contributed by atoms with Gasteiger partial charge in [-0.25, -0.2) is 8.42 Å². The number of hydrogen-bond acceptors (Lipinski definition) is 3. The highest BCUT2D eigenvalue weighted by atomic mass is 32.2. The van der Waals surface area contributed by atoms with Crippen LogP contribution in [0, 0.1) is 13.8 Å². The van der Waals surface area contributed by atoms with E-state index >= 15 is 0 Å². The molecule has 0 saturated heterocycles. The zero-order chi connectivity index (χ0) is 17.7. The van der Waals surface area contributed by atoms with Crippen LogP contribution >= 0.6 is 0 Å². The van der Waals surface area contributed by atoms with Crippen molar-refractivity contribution in [1.29, 1.82) is 0 Å². The van der Waals surface area contributed by atoms with Crippen LogP contribution in [-0.2, 0) is 14.8 Å². The second-order valence-electron chi connectivity index (χ2n) is 5.72. The van der Waals surface area contributed by atoms with E-state index in [2.05, 4.69) is 5.32 Å². The van der Waals surface area contributed by atoms with Crippen LogP contribution in [0.5, 0.6) is 0 Å². The minimum Gasteiger partial charge on any atom is -0.326 e. The summed E-state index contributed by atoms with van der Waals surface area (Å²) in [4.78, 5) is 12.1. The number of para-hydroxylation sites is 1. The second kappa shape index (κ2) is 7.49. The molecule has 0 radical (unpaired) electrons. The van der Waals surface area contributed by atoms with E-state index in [-0.39, 0.29) is 18.9 Å². The van der Waals surface area contributed by atoms with Gasteiger partial charge in [-0.2, -0.15) is 0 Å². The standard InChI is InChI=1S/C18H22N2O3S/c1-14-8-7-11-17(15(14)2)20(24(3,22)23)13-12-18(21)19-16-9-5-4-6-10-16/h4-11H,12-13H2,1-3H3,(H,19,21). The highest BCUT2D eigenvalue weighted by Crippen LogP contribution is 2.25. The van der Waals surface area contributed by atoms with Crippen LogP contribution in [0.1, 0.15) is 17.5 Å². The summed E-state index contributed by atoms with van der Waals surface area (Å²) in [7, 11) is -3.47. The normalized spacial score (nSPS) is 11.1. The fourth-order valence-electron chi connectivity index (χ4n) is 2.42. The molecule has 0 fully saturated rings. The van der Waals surface area contributed by atoms with E-state index < -0.39 is 10.0 Å². The third-order valence-electron chi connectivity index (χ3n) is 3.84. The molecule has 1 N–H and O–H groups in total. The van der Waals surface area contributed by atoms with Crippen molar-refractivity contribution in [2.75, 3.05) is 22.4 Å². The third kappa shape index (κ3) is 4.58. The first-order valence-electron chi connectivity index (χ1n) is 7.68. The lowest BCUT2D eigenvalue weighted by Crippen LogP contribution is -2.33. The average molecular weight is 346 g/mol. The van der Waals surface area contributed by atoms with Crippen molar-refractivity contribution in [2.45, 2.75) is 20.3 Å². The van der Waals surface area contributed by atoms with Crippen molar-refractivity contribution in [3.63, 3.8) is 0 Å². The molecule has 128 valence electrons. The maximum absolute atomic E-state index is 12.2. The molecule has 0 bridgehead atoms. The van der Waals surface area contributed by atoms with Crippen molar-refractivity contribution in [1.82, 2.24) is 0 Å². The van der Waals surface area contributed by atoms with Crippen molar-refractivity contribution in [3.8, 4) is 0 Å². The maximum atomic E-state index is 12.2. The lowest BCUT2D eigenvalue weighted by Gasteiger charge is -2.24. The molecule has 5 nitrogen and oxygen atoms in total. The van der Waals surface area contributed by atoms with E-state index in [0.717, 1.165) is 17.4 Å². The second-order valence-corrected chi connectivity index (χ2v) is 7.63. The summed E-state index contributed by atoms with van der Waals surface area (Å²) in [6.07, 6.45) is 1.24. The van der Waals surface area contributed by atoms with Gasteiger partial charge in [0.15, 0.2) is 0 Å².